The number of piperidine rings is 1. The highest BCUT2D eigenvalue weighted by molar-refractivity contribution is 6.32. The second kappa shape index (κ2) is 5.76. The summed E-state index contributed by atoms with van der Waals surface area (Å²) < 4.78 is 1.86. The predicted octanol–water partition coefficient (Wildman–Crippen LogP) is 3.21. The number of nitrogens with zero attached hydrogens (tertiary/aromatic N) is 2. The first-order chi connectivity index (χ1) is 9.33. The molecule has 1 saturated heterocycles. The van der Waals surface area contributed by atoms with Crippen molar-refractivity contribution in [1.29, 1.82) is 0 Å². The van der Waals surface area contributed by atoms with E-state index in [0.29, 0.717) is 6.04 Å². The zero-order valence-corrected chi connectivity index (χ0v) is 11.6. The molecular weight excluding hydrogens is 258 g/mol. The van der Waals surface area contributed by atoms with E-state index in [1.54, 1.807) is 0 Å². The molecule has 0 radical (unpaired) electrons. The van der Waals surface area contributed by atoms with Crippen LogP contribution in [0.25, 0.3) is 5.69 Å². The molecule has 100 valence electrons. The van der Waals surface area contributed by atoms with E-state index >= 15 is 0 Å². The van der Waals surface area contributed by atoms with Crippen LogP contribution >= 0.6 is 11.6 Å². The van der Waals surface area contributed by atoms with Crippen LogP contribution < -0.4 is 5.32 Å². The predicted molar refractivity (Wildman–Crippen MR) is 77.9 cm³/mol. The van der Waals surface area contributed by atoms with Gasteiger partial charge in [-0.2, -0.15) is 5.10 Å². The third-order valence-corrected chi connectivity index (χ3v) is 3.95. The van der Waals surface area contributed by atoms with Crippen molar-refractivity contribution in [2.75, 3.05) is 6.54 Å². The summed E-state index contributed by atoms with van der Waals surface area (Å²) in [4.78, 5) is 0. The molecule has 1 aliphatic heterocycles. The first kappa shape index (κ1) is 12.7. The van der Waals surface area contributed by atoms with E-state index in [2.05, 4.69) is 16.6 Å². The molecule has 1 fully saturated rings. The minimum absolute atomic E-state index is 0.595. The summed E-state index contributed by atoms with van der Waals surface area (Å²) in [7, 11) is 0. The van der Waals surface area contributed by atoms with E-state index in [-0.39, 0.29) is 0 Å². The van der Waals surface area contributed by atoms with Crippen LogP contribution in [-0.4, -0.2) is 22.4 Å². The van der Waals surface area contributed by atoms with E-state index in [4.69, 9.17) is 11.6 Å². The lowest BCUT2D eigenvalue weighted by Crippen LogP contribution is -2.35. The van der Waals surface area contributed by atoms with Crippen LogP contribution in [0.5, 0.6) is 0 Å². The summed E-state index contributed by atoms with van der Waals surface area (Å²) in [6.07, 6.45) is 8.96. The Morgan fingerprint density at radius 1 is 1.32 bits per heavy atom. The minimum Gasteiger partial charge on any atom is -0.314 e. The van der Waals surface area contributed by atoms with Gasteiger partial charge in [0.2, 0.25) is 0 Å². The van der Waals surface area contributed by atoms with Gasteiger partial charge in [-0.05, 0) is 43.5 Å². The second-order valence-corrected chi connectivity index (χ2v) is 5.50. The Morgan fingerprint density at radius 2 is 2.21 bits per heavy atom. The number of benzene rings is 1. The third kappa shape index (κ3) is 2.99. The molecule has 3 rings (SSSR count). The number of hydrogen-bond donors (Lipinski definition) is 1. The summed E-state index contributed by atoms with van der Waals surface area (Å²) in [5, 5.41) is 8.71. The maximum atomic E-state index is 6.19. The van der Waals surface area contributed by atoms with Gasteiger partial charge in [0.25, 0.3) is 0 Å². The van der Waals surface area contributed by atoms with Gasteiger partial charge in [-0.3, -0.25) is 0 Å². The minimum atomic E-state index is 0.595. The van der Waals surface area contributed by atoms with Crippen molar-refractivity contribution in [3.63, 3.8) is 0 Å². The first-order valence-corrected chi connectivity index (χ1v) is 7.22. The average molecular weight is 276 g/mol. The van der Waals surface area contributed by atoms with Crippen molar-refractivity contribution in [2.24, 2.45) is 0 Å². The van der Waals surface area contributed by atoms with Gasteiger partial charge in [-0.1, -0.05) is 30.2 Å². The normalized spacial score (nSPS) is 19.5. The Balaban J connectivity index is 1.74. The molecule has 0 bridgehead atoms. The molecule has 2 heterocycles. The molecule has 3 nitrogen and oxygen atoms in total. The summed E-state index contributed by atoms with van der Waals surface area (Å²) in [5.41, 5.74) is 2.20. The topological polar surface area (TPSA) is 29.9 Å². The molecule has 0 spiro atoms. The summed E-state index contributed by atoms with van der Waals surface area (Å²) in [6.45, 7) is 1.14. The van der Waals surface area contributed by atoms with E-state index in [1.807, 2.05) is 35.1 Å². The van der Waals surface area contributed by atoms with Crippen LogP contribution in [0.1, 0.15) is 24.8 Å². The highest BCUT2D eigenvalue weighted by Crippen LogP contribution is 2.20. The summed E-state index contributed by atoms with van der Waals surface area (Å²) in [5.74, 6) is 0. The molecule has 1 aromatic carbocycles. The first-order valence-electron chi connectivity index (χ1n) is 6.85. The fraction of sp³-hybridized carbons (Fsp3) is 0.400. The number of aromatic nitrogens is 2. The molecule has 2 aromatic rings. The van der Waals surface area contributed by atoms with Crippen molar-refractivity contribution in [1.82, 2.24) is 15.1 Å². The SMILES string of the molecule is Clc1ccccc1-n1cc(CC2CCCCN2)cn1. The summed E-state index contributed by atoms with van der Waals surface area (Å²) >= 11 is 6.19. The van der Waals surface area contributed by atoms with Crippen molar-refractivity contribution >= 4 is 11.6 Å². The quantitative estimate of drug-likeness (QED) is 0.932. The van der Waals surface area contributed by atoms with Crippen molar-refractivity contribution in [3.05, 3.63) is 47.2 Å². The fourth-order valence-electron chi connectivity index (χ4n) is 2.62. The Labute approximate surface area is 118 Å². The molecule has 4 heteroatoms. The average Bonchev–Trinajstić information content (AvgIpc) is 2.89. The lowest BCUT2D eigenvalue weighted by Gasteiger charge is -2.22. The smallest absolute Gasteiger partial charge is 0.0831 e. The molecule has 1 N–H and O–H groups in total. The van der Waals surface area contributed by atoms with Gasteiger partial charge in [-0.25, -0.2) is 4.68 Å². The Bertz CT molecular complexity index is 544. The molecular formula is C15H18ClN3. The Hall–Kier alpha value is -1.32. The molecule has 1 aromatic heterocycles. The molecule has 0 saturated carbocycles. The molecule has 19 heavy (non-hydrogen) atoms. The lowest BCUT2D eigenvalue weighted by atomic mass is 10.00. The number of halogens is 1. The highest BCUT2D eigenvalue weighted by atomic mass is 35.5. The summed E-state index contributed by atoms with van der Waals surface area (Å²) in [6, 6.07) is 8.38. The van der Waals surface area contributed by atoms with Crippen molar-refractivity contribution in [3.8, 4) is 5.69 Å². The maximum absolute atomic E-state index is 6.19. The Kier molecular flexibility index (Phi) is 3.85. The second-order valence-electron chi connectivity index (χ2n) is 5.10. The zero-order valence-electron chi connectivity index (χ0n) is 10.8. The third-order valence-electron chi connectivity index (χ3n) is 3.63. The number of para-hydroxylation sites is 1. The van der Waals surface area contributed by atoms with Crippen LogP contribution in [0.15, 0.2) is 36.7 Å². The number of hydrogen-bond acceptors (Lipinski definition) is 2. The number of rotatable bonds is 3. The van der Waals surface area contributed by atoms with E-state index < -0.39 is 0 Å². The highest BCUT2D eigenvalue weighted by Gasteiger charge is 2.14. The maximum Gasteiger partial charge on any atom is 0.0831 e. The van der Waals surface area contributed by atoms with Gasteiger partial charge >= 0.3 is 0 Å². The van der Waals surface area contributed by atoms with E-state index in [0.717, 1.165) is 23.7 Å². The molecule has 1 atom stereocenters. The largest absolute Gasteiger partial charge is 0.314 e. The van der Waals surface area contributed by atoms with Gasteiger partial charge in [0.05, 0.1) is 16.9 Å². The van der Waals surface area contributed by atoms with Crippen LogP contribution in [0.4, 0.5) is 0 Å². The molecule has 0 amide bonds. The van der Waals surface area contributed by atoms with Crippen molar-refractivity contribution < 1.29 is 0 Å². The Morgan fingerprint density at radius 3 is 3.00 bits per heavy atom. The lowest BCUT2D eigenvalue weighted by molar-refractivity contribution is 0.399. The van der Waals surface area contributed by atoms with Gasteiger partial charge in [0, 0.05) is 12.2 Å². The van der Waals surface area contributed by atoms with Gasteiger partial charge in [0.1, 0.15) is 0 Å². The van der Waals surface area contributed by atoms with Crippen LogP contribution in [0.2, 0.25) is 5.02 Å². The fourth-order valence-corrected chi connectivity index (χ4v) is 2.84. The standard InChI is InChI=1S/C15H18ClN3/c16-14-6-1-2-7-15(14)19-11-12(10-18-19)9-13-5-3-4-8-17-13/h1-2,6-7,10-11,13,17H,3-5,8-9H2. The number of nitrogens with one attached hydrogen (secondary N) is 1. The van der Waals surface area contributed by atoms with Gasteiger partial charge in [0.15, 0.2) is 0 Å². The van der Waals surface area contributed by atoms with E-state index in [1.165, 1.54) is 24.8 Å². The zero-order chi connectivity index (χ0) is 13.1. The van der Waals surface area contributed by atoms with Crippen molar-refractivity contribution in [2.45, 2.75) is 31.7 Å². The van der Waals surface area contributed by atoms with Crippen LogP contribution in [0.3, 0.4) is 0 Å². The van der Waals surface area contributed by atoms with Crippen LogP contribution in [-0.2, 0) is 6.42 Å². The van der Waals surface area contributed by atoms with Crippen LogP contribution in [0, 0.1) is 0 Å². The van der Waals surface area contributed by atoms with Gasteiger partial charge < -0.3 is 5.32 Å². The monoisotopic (exact) mass is 275 g/mol. The van der Waals surface area contributed by atoms with E-state index in [9.17, 15) is 0 Å². The van der Waals surface area contributed by atoms with Gasteiger partial charge in [-0.15, -0.1) is 0 Å². The molecule has 1 unspecified atom stereocenters. The molecule has 0 aliphatic carbocycles. The molecule has 1 aliphatic rings.